The molecule has 10 heteroatoms. The van der Waals surface area contributed by atoms with Gasteiger partial charge in [0.2, 0.25) is 5.28 Å². The van der Waals surface area contributed by atoms with Crippen LogP contribution in [0, 0.1) is 5.82 Å². The van der Waals surface area contributed by atoms with Gasteiger partial charge in [-0.25, -0.2) is 23.1 Å². The number of carbonyl (C=O) groups is 1. The Morgan fingerprint density at radius 3 is 2.55 bits per heavy atom. The van der Waals surface area contributed by atoms with E-state index in [0.717, 1.165) is 18.9 Å². The van der Waals surface area contributed by atoms with Gasteiger partial charge < -0.3 is 15.0 Å². The van der Waals surface area contributed by atoms with E-state index in [9.17, 15) is 18.0 Å². The summed E-state index contributed by atoms with van der Waals surface area (Å²) in [5.41, 5.74) is -0.233. The number of rotatable bonds is 10. The number of carbonyl (C=O) groups excluding carboxylic acids is 1. The molecule has 0 fully saturated rings. The molecule has 1 amide bonds. The molecule has 2 aromatic rings. The molecule has 3 rings (SSSR count). The number of anilines is 1. The minimum absolute atomic E-state index is 0.0209. The van der Waals surface area contributed by atoms with Crippen LogP contribution in [-0.4, -0.2) is 33.5 Å². The molecule has 2 heterocycles. The summed E-state index contributed by atoms with van der Waals surface area (Å²) in [5.74, 6) is -0.738. The third-order valence-corrected chi connectivity index (χ3v) is 6.09. The Morgan fingerprint density at radius 2 is 1.94 bits per heavy atom. The molecule has 0 unspecified atom stereocenters. The zero-order chi connectivity index (χ0) is 24.2. The fourth-order valence-electron chi connectivity index (χ4n) is 4.32. The number of alkyl halides is 2. The van der Waals surface area contributed by atoms with E-state index in [-0.39, 0.29) is 36.4 Å². The molecule has 1 aromatic heterocycles. The van der Waals surface area contributed by atoms with E-state index in [4.69, 9.17) is 16.3 Å². The molecule has 0 spiro atoms. The molecule has 6 nitrogen and oxygen atoms in total. The first kappa shape index (κ1) is 25.2. The lowest BCUT2D eigenvalue weighted by Gasteiger charge is -2.34. The Bertz CT molecular complexity index is 1000. The Balaban J connectivity index is 1.83. The predicted molar refractivity (Wildman–Crippen MR) is 120 cm³/mol. The molecule has 180 valence electrons. The van der Waals surface area contributed by atoms with Crippen molar-refractivity contribution in [2.45, 2.75) is 71.2 Å². The molecule has 0 saturated heterocycles. The van der Waals surface area contributed by atoms with E-state index in [1.165, 1.54) is 12.1 Å². The van der Waals surface area contributed by atoms with Gasteiger partial charge in [-0.05, 0) is 24.4 Å². The lowest BCUT2D eigenvalue weighted by atomic mass is 9.90. The normalized spacial score (nSPS) is 13.5. The Kier molecular flexibility index (Phi) is 8.18. The highest BCUT2D eigenvalue weighted by atomic mass is 35.5. The number of benzene rings is 1. The van der Waals surface area contributed by atoms with Gasteiger partial charge in [0.25, 0.3) is 12.3 Å². The summed E-state index contributed by atoms with van der Waals surface area (Å²) in [7, 11) is 1.55. The molecule has 1 aromatic carbocycles. The summed E-state index contributed by atoms with van der Waals surface area (Å²) in [4.78, 5) is 23.6. The van der Waals surface area contributed by atoms with Gasteiger partial charge in [-0.2, -0.15) is 0 Å². The Labute approximate surface area is 196 Å². The molecular weight excluding hydrogens is 457 g/mol. The highest BCUT2D eigenvalue weighted by molar-refractivity contribution is 6.28. The highest BCUT2D eigenvalue weighted by Gasteiger charge is 2.42. The standard InChI is InChI=1S/C23H28ClF3N4O2/c1-4-9-23(33-3,10-5-2)21(32)31-12-16-17(13-31)29-22(24)30-20(16)28-11-14-7-6-8-15(18(14)25)19(26)27/h6-8,19H,4-5,9-13H2,1-3H3,(H,28,29,30). The van der Waals surface area contributed by atoms with Gasteiger partial charge in [0.1, 0.15) is 17.2 Å². The number of fused-ring (bicyclic) bond motifs is 1. The van der Waals surface area contributed by atoms with Crippen molar-refractivity contribution >= 4 is 23.3 Å². The number of hydrogen-bond acceptors (Lipinski definition) is 5. The molecule has 0 radical (unpaired) electrons. The minimum Gasteiger partial charge on any atom is -0.368 e. The lowest BCUT2D eigenvalue weighted by molar-refractivity contribution is -0.158. The van der Waals surface area contributed by atoms with Crippen LogP contribution < -0.4 is 5.32 Å². The lowest BCUT2D eigenvalue weighted by Crippen LogP contribution is -2.48. The first-order valence-electron chi connectivity index (χ1n) is 10.9. The maximum atomic E-state index is 14.4. The molecule has 0 aliphatic carbocycles. The predicted octanol–water partition coefficient (Wildman–Crippen LogP) is 5.65. The summed E-state index contributed by atoms with van der Waals surface area (Å²) in [6.45, 7) is 4.42. The summed E-state index contributed by atoms with van der Waals surface area (Å²) in [5, 5.41) is 2.96. The van der Waals surface area contributed by atoms with Crippen LogP contribution in [0.15, 0.2) is 18.2 Å². The van der Waals surface area contributed by atoms with Crippen molar-refractivity contribution in [3.63, 3.8) is 0 Å². The number of amides is 1. The number of ether oxygens (including phenoxy) is 1. The Hall–Kier alpha value is -2.39. The SMILES string of the molecule is CCCC(CCC)(OC)C(=O)N1Cc2nc(Cl)nc(NCc3cccc(C(F)F)c3F)c2C1. The van der Waals surface area contributed by atoms with Gasteiger partial charge in [-0.1, -0.05) is 44.9 Å². The average molecular weight is 485 g/mol. The number of halogens is 4. The first-order valence-corrected chi connectivity index (χ1v) is 11.3. The summed E-state index contributed by atoms with van der Waals surface area (Å²) in [6, 6.07) is 3.86. The van der Waals surface area contributed by atoms with Crippen LogP contribution in [0.3, 0.4) is 0 Å². The van der Waals surface area contributed by atoms with E-state index in [1.54, 1.807) is 12.0 Å². The molecule has 1 aliphatic heterocycles. The molecule has 0 bridgehead atoms. The van der Waals surface area contributed by atoms with E-state index in [1.807, 2.05) is 13.8 Å². The molecular formula is C23H28ClF3N4O2. The van der Waals surface area contributed by atoms with Crippen molar-refractivity contribution in [3.05, 3.63) is 51.7 Å². The number of nitrogens with zero attached hydrogens (tertiary/aromatic N) is 3. The largest absolute Gasteiger partial charge is 0.368 e. The van der Waals surface area contributed by atoms with Gasteiger partial charge in [-0.15, -0.1) is 0 Å². The number of hydrogen-bond donors (Lipinski definition) is 1. The quantitative estimate of drug-likeness (QED) is 0.441. The summed E-state index contributed by atoms with van der Waals surface area (Å²) < 4.78 is 46.2. The molecule has 33 heavy (non-hydrogen) atoms. The average Bonchev–Trinajstić information content (AvgIpc) is 3.21. The van der Waals surface area contributed by atoms with Gasteiger partial charge >= 0.3 is 0 Å². The van der Waals surface area contributed by atoms with E-state index in [0.29, 0.717) is 29.9 Å². The fraction of sp³-hybridized carbons (Fsp3) is 0.522. The van der Waals surface area contributed by atoms with Crippen LogP contribution in [0.1, 0.15) is 68.3 Å². The maximum Gasteiger partial charge on any atom is 0.266 e. The van der Waals surface area contributed by atoms with Gasteiger partial charge in [0.15, 0.2) is 0 Å². The Morgan fingerprint density at radius 1 is 1.24 bits per heavy atom. The van der Waals surface area contributed by atoms with Crippen LogP contribution in [0.2, 0.25) is 5.28 Å². The van der Waals surface area contributed by atoms with Gasteiger partial charge in [0, 0.05) is 24.8 Å². The topological polar surface area (TPSA) is 67.3 Å². The highest BCUT2D eigenvalue weighted by Crippen LogP contribution is 2.34. The second-order valence-corrected chi connectivity index (χ2v) is 8.44. The smallest absolute Gasteiger partial charge is 0.266 e. The second-order valence-electron chi connectivity index (χ2n) is 8.10. The summed E-state index contributed by atoms with van der Waals surface area (Å²) >= 11 is 6.09. The monoisotopic (exact) mass is 484 g/mol. The second kappa shape index (κ2) is 10.7. The van der Waals surface area contributed by atoms with Crippen molar-refractivity contribution in [3.8, 4) is 0 Å². The number of methoxy groups -OCH3 is 1. The van der Waals surface area contributed by atoms with Gasteiger partial charge in [-0.3, -0.25) is 4.79 Å². The summed E-state index contributed by atoms with van der Waals surface area (Å²) in [6.07, 6.45) is -0.125. The van der Waals surface area contributed by atoms with Gasteiger partial charge in [0.05, 0.1) is 24.3 Å². The fourth-order valence-corrected chi connectivity index (χ4v) is 4.51. The zero-order valence-corrected chi connectivity index (χ0v) is 19.7. The van der Waals surface area contributed by atoms with Crippen molar-refractivity contribution < 1.29 is 22.7 Å². The van der Waals surface area contributed by atoms with E-state index >= 15 is 0 Å². The zero-order valence-electron chi connectivity index (χ0n) is 18.9. The number of aromatic nitrogens is 2. The molecule has 1 aliphatic rings. The third-order valence-electron chi connectivity index (χ3n) is 5.92. The van der Waals surface area contributed by atoms with Crippen LogP contribution in [-0.2, 0) is 29.2 Å². The van der Waals surface area contributed by atoms with E-state index in [2.05, 4.69) is 15.3 Å². The maximum absolute atomic E-state index is 14.4. The van der Waals surface area contributed by atoms with Crippen LogP contribution in [0.5, 0.6) is 0 Å². The van der Waals surface area contributed by atoms with Crippen molar-refractivity contribution in [1.82, 2.24) is 14.9 Å². The van der Waals surface area contributed by atoms with Crippen molar-refractivity contribution in [2.75, 3.05) is 12.4 Å². The first-order chi connectivity index (χ1) is 15.8. The van der Waals surface area contributed by atoms with Crippen molar-refractivity contribution in [2.24, 2.45) is 0 Å². The number of nitrogens with one attached hydrogen (secondary N) is 1. The molecule has 0 atom stereocenters. The molecule has 0 saturated carbocycles. The van der Waals surface area contributed by atoms with Crippen molar-refractivity contribution in [1.29, 1.82) is 0 Å². The van der Waals surface area contributed by atoms with E-state index < -0.39 is 23.4 Å². The van der Waals surface area contributed by atoms with Crippen LogP contribution >= 0.6 is 11.6 Å². The minimum atomic E-state index is -2.91. The third kappa shape index (κ3) is 5.24. The van der Waals surface area contributed by atoms with Crippen LogP contribution in [0.25, 0.3) is 0 Å². The van der Waals surface area contributed by atoms with Crippen LogP contribution in [0.4, 0.5) is 19.0 Å². The molecule has 1 N–H and O–H groups in total.